The second kappa shape index (κ2) is 8.91. The van der Waals surface area contributed by atoms with Gasteiger partial charge in [0.1, 0.15) is 0 Å². The molecule has 5 aliphatic rings. The maximum Gasteiger partial charge on any atom is 0.239 e. The molecule has 168 valence electrons. The van der Waals surface area contributed by atoms with Crippen molar-refractivity contribution < 1.29 is 14.3 Å². The molecular weight excluding hydrogens is 390 g/mol. The summed E-state index contributed by atoms with van der Waals surface area (Å²) in [6.07, 6.45) is 7.01. The minimum atomic E-state index is -0.207. The molecule has 1 aromatic carbocycles. The van der Waals surface area contributed by atoms with Crippen LogP contribution in [-0.2, 0) is 14.3 Å². The zero-order chi connectivity index (χ0) is 21.3. The molecule has 6 nitrogen and oxygen atoms in total. The van der Waals surface area contributed by atoms with E-state index >= 15 is 0 Å². The lowest BCUT2D eigenvalue weighted by Gasteiger charge is -2.55. The zero-order valence-electron chi connectivity index (χ0n) is 18.4. The van der Waals surface area contributed by atoms with Crippen LogP contribution in [-0.4, -0.2) is 56.1 Å². The van der Waals surface area contributed by atoms with Crippen molar-refractivity contribution in [3.05, 3.63) is 35.9 Å². The lowest BCUT2D eigenvalue weighted by molar-refractivity contribution is -0.147. The van der Waals surface area contributed by atoms with Crippen LogP contribution in [0.4, 0.5) is 0 Å². The van der Waals surface area contributed by atoms with E-state index in [1.807, 2.05) is 18.2 Å². The summed E-state index contributed by atoms with van der Waals surface area (Å²) >= 11 is 0. The van der Waals surface area contributed by atoms with Crippen molar-refractivity contribution in [3.8, 4) is 0 Å². The molecule has 4 bridgehead atoms. The van der Waals surface area contributed by atoms with Crippen LogP contribution in [0.15, 0.2) is 30.3 Å². The number of amides is 2. The van der Waals surface area contributed by atoms with Crippen LogP contribution < -0.4 is 10.6 Å². The molecule has 1 aliphatic heterocycles. The molecule has 1 heterocycles. The summed E-state index contributed by atoms with van der Waals surface area (Å²) in [6.45, 7) is 4.03. The summed E-state index contributed by atoms with van der Waals surface area (Å²) in [5, 5.41) is 6.19. The molecule has 31 heavy (non-hydrogen) atoms. The molecule has 0 radical (unpaired) electrons. The van der Waals surface area contributed by atoms with Crippen LogP contribution in [0.25, 0.3) is 0 Å². The SMILES string of the molecule is O=C(CNC(=O)C12CC3CC(CC(C3)C1)C2)N[C@@H](CN1CCOCC1)c1ccccc1. The highest BCUT2D eigenvalue weighted by Crippen LogP contribution is 2.60. The Hall–Kier alpha value is -1.92. The highest BCUT2D eigenvalue weighted by atomic mass is 16.5. The van der Waals surface area contributed by atoms with Gasteiger partial charge in [0.15, 0.2) is 0 Å². The van der Waals surface area contributed by atoms with E-state index in [2.05, 4.69) is 27.7 Å². The van der Waals surface area contributed by atoms with Crippen LogP contribution in [0.2, 0.25) is 0 Å². The number of hydrogen-bond acceptors (Lipinski definition) is 4. The third-order valence-corrected chi connectivity index (χ3v) is 8.01. The molecule has 2 N–H and O–H groups in total. The van der Waals surface area contributed by atoms with E-state index in [0.29, 0.717) is 0 Å². The number of benzene rings is 1. The van der Waals surface area contributed by atoms with Crippen LogP contribution in [0, 0.1) is 23.2 Å². The average molecular weight is 426 g/mol. The highest BCUT2D eigenvalue weighted by Gasteiger charge is 2.54. The van der Waals surface area contributed by atoms with Crippen LogP contribution in [0.5, 0.6) is 0 Å². The Morgan fingerprint density at radius 3 is 2.23 bits per heavy atom. The maximum absolute atomic E-state index is 13.2. The summed E-state index contributed by atoms with van der Waals surface area (Å²) in [7, 11) is 0. The van der Waals surface area contributed by atoms with E-state index in [1.54, 1.807) is 0 Å². The van der Waals surface area contributed by atoms with Crippen molar-refractivity contribution in [2.45, 2.75) is 44.6 Å². The quantitative estimate of drug-likeness (QED) is 0.704. The standard InChI is InChI=1S/C25H35N3O3/c29-23(16-26-24(30)25-13-18-10-19(14-25)12-20(11-18)15-25)27-22(21-4-2-1-3-5-21)17-28-6-8-31-9-7-28/h1-5,18-20,22H,6-17H2,(H,26,30)(H,27,29)/t18?,19?,20?,22-,25?/m0/s1. The average Bonchev–Trinajstić information content (AvgIpc) is 2.77. The fourth-order valence-corrected chi connectivity index (χ4v) is 6.94. The normalized spacial score (nSPS) is 33.1. The van der Waals surface area contributed by atoms with Gasteiger partial charge in [-0.1, -0.05) is 30.3 Å². The van der Waals surface area contributed by atoms with E-state index in [0.717, 1.165) is 75.4 Å². The van der Waals surface area contributed by atoms with Gasteiger partial charge >= 0.3 is 0 Å². The molecule has 0 aromatic heterocycles. The largest absolute Gasteiger partial charge is 0.379 e. The minimum Gasteiger partial charge on any atom is -0.379 e. The number of carbonyl (C=O) groups is 2. The molecule has 1 aromatic rings. The predicted molar refractivity (Wildman–Crippen MR) is 118 cm³/mol. The first-order chi connectivity index (χ1) is 15.1. The van der Waals surface area contributed by atoms with Gasteiger partial charge in [-0.2, -0.15) is 0 Å². The number of morpholine rings is 1. The van der Waals surface area contributed by atoms with Gasteiger partial charge < -0.3 is 15.4 Å². The molecule has 0 spiro atoms. The molecule has 1 saturated heterocycles. The van der Waals surface area contributed by atoms with Gasteiger partial charge in [-0.25, -0.2) is 0 Å². The lowest BCUT2D eigenvalue weighted by atomic mass is 9.49. The van der Waals surface area contributed by atoms with Crippen LogP contribution in [0.3, 0.4) is 0 Å². The Bertz CT molecular complexity index is 755. The fraction of sp³-hybridized carbons (Fsp3) is 0.680. The van der Waals surface area contributed by atoms with Crippen molar-refractivity contribution in [1.29, 1.82) is 0 Å². The van der Waals surface area contributed by atoms with Crippen molar-refractivity contribution in [3.63, 3.8) is 0 Å². The van der Waals surface area contributed by atoms with Crippen molar-refractivity contribution in [2.75, 3.05) is 39.4 Å². The maximum atomic E-state index is 13.2. The predicted octanol–water partition coefficient (Wildman–Crippen LogP) is 2.51. The summed E-state index contributed by atoms with van der Waals surface area (Å²) in [4.78, 5) is 28.3. The van der Waals surface area contributed by atoms with E-state index in [4.69, 9.17) is 4.74 Å². The first-order valence-electron chi connectivity index (χ1n) is 12.0. The van der Waals surface area contributed by atoms with Gasteiger partial charge in [0.2, 0.25) is 11.8 Å². The topological polar surface area (TPSA) is 70.7 Å². The van der Waals surface area contributed by atoms with E-state index in [1.165, 1.54) is 19.3 Å². The van der Waals surface area contributed by atoms with Gasteiger partial charge in [-0.3, -0.25) is 14.5 Å². The fourth-order valence-electron chi connectivity index (χ4n) is 6.94. The Kier molecular flexibility index (Phi) is 6.02. The van der Waals surface area contributed by atoms with Gasteiger partial charge in [0, 0.05) is 25.0 Å². The van der Waals surface area contributed by atoms with Crippen molar-refractivity contribution in [2.24, 2.45) is 23.2 Å². The third-order valence-electron chi connectivity index (χ3n) is 8.01. The first-order valence-corrected chi connectivity index (χ1v) is 12.0. The number of hydrogen-bond donors (Lipinski definition) is 2. The number of nitrogens with zero attached hydrogens (tertiary/aromatic N) is 1. The number of carbonyl (C=O) groups excluding carboxylic acids is 2. The molecule has 4 aliphatic carbocycles. The molecule has 1 atom stereocenters. The van der Waals surface area contributed by atoms with Crippen molar-refractivity contribution >= 4 is 11.8 Å². The highest BCUT2D eigenvalue weighted by molar-refractivity contribution is 5.88. The molecule has 0 unspecified atom stereocenters. The van der Waals surface area contributed by atoms with Gasteiger partial charge in [-0.15, -0.1) is 0 Å². The number of rotatable bonds is 7. The second-order valence-corrected chi connectivity index (χ2v) is 10.3. The van der Waals surface area contributed by atoms with Crippen LogP contribution >= 0.6 is 0 Å². The zero-order valence-corrected chi connectivity index (χ0v) is 18.4. The van der Waals surface area contributed by atoms with Gasteiger partial charge in [0.05, 0.1) is 25.8 Å². The monoisotopic (exact) mass is 425 g/mol. The van der Waals surface area contributed by atoms with E-state index in [9.17, 15) is 9.59 Å². The summed E-state index contributed by atoms with van der Waals surface area (Å²) in [6, 6.07) is 10.0. The molecule has 6 heteroatoms. The summed E-state index contributed by atoms with van der Waals surface area (Å²) in [5.41, 5.74) is 0.886. The number of ether oxygens (including phenoxy) is 1. The van der Waals surface area contributed by atoms with Gasteiger partial charge in [-0.05, 0) is 61.8 Å². The van der Waals surface area contributed by atoms with E-state index in [-0.39, 0.29) is 29.8 Å². The molecular formula is C25H35N3O3. The molecule has 4 saturated carbocycles. The number of nitrogens with one attached hydrogen (secondary N) is 2. The second-order valence-electron chi connectivity index (χ2n) is 10.3. The Labute approximate surface area is 185 Å². The molecule has 5 fully saturated rings. The smallest absolute Gasteiger partial charge is 0.239 e. The van der Waals surface area contributed by atoms with Crippen LogP contribution in [0.1, 0.15) is 50.1 Å². The Morgan fingerprint density at radius 1 is 1.00 bits per heavy atom. The first kappa shape index (κ1) is 21.0. The molecule has 6 rings (SSSR count). The third kappa shape index (κ3) is 4.65. The van der Waals surface area contributed by atoms with Gasteiger partial charge in [0.25, 0.3) is 0 Å². The Morgan fingerprint density at radius 2 is 1.61 bits per heavy atom. The Balaban J connectivity index is 1.18. The summed E-state index contributed by atoms with van der Waals surface area (Å²) in [5.74, 6) is 2.18. The van der Waals surface area contributed by atoms with E-state index < -0.39 is 0 Å². The summed E-state index contributed by atoms with van der Waals surface area (Å²) < 4.78 is 5.46. The lowest BCUT2D eigenvalue weighted by Crippen LogP contribution is -2.54. The van der Waals surface area contributed by atoms with Crippen molar-refractivity contribution in [1.82, 2.24) is 15.5 Å². The molecule has 2 amide bonds. The minimum absolute atomic E-state index is 0.0625.